The molecule has 0 fully saturated rings. The van der Waals surface area contributed by atoms with Crippen LogP contribution in [-0.2, 0) is 0 Å². The summed E-state index contributed by atoms with van der Waals surface area (Å²) in [7, 11) is 1.81. The van der Waals surface area contributed by atoms with Crippen LogP contribution in [-0.4, -0.2) is 31.1 Å². The number of carbonyl (C=O) groups is 1. The van der Waals surface area contributed by atoms with Gasteiger partial charge in [0.05, 0.1) is 6.61 Å². The number of hydrogen-bond acceptors (Lipinski definition) is 2. The molecule has 0 heterocycles. The third-order valence-electron chi connectivity index (χ3n) is 2.61. The second-order valence-corrected chi connectivity index (χ2v) is 4.16. The Morgan fingerprint density at radius 2 is 1.94 bits per heavy atom. The van der Waals surface area contributed by atoms with Crippen molar-refractivity contribution in [2.24, 2.45) is 0 Å². The number of anilines is 1. The van der Waals surface area contributed by atoms with Crippen LogP contribution in [0.1, 0.15) is 26.7 Å². The molecule has 0 saturated carbocycles. The first kappa shape index (κ1) is 14.4. The number of urea groups is 1. The molecule has 18 heavy (non-hydrogen) atoms. The highest BCUT2D eigenvalue weighted by molar-refractivity contribution is 5.89. The van der Waals surface area contributed by atoms with Crippen molar-refractivity contribution in [1.29, 1.82) is 0 Å². The van der Waals surface area contributed by atoms with Crippen molar-refractivity contribution >= 4 is 11.7 Å². The molecule has 2 amide bonds. The first-order chi connectivity index (χ1) is 8.67. The number of ether oxygens (including phenoxy) is 1. The minimum atomic E-state index is -0.0763. The van der Waals surface area contributed by atoms with E-state index in [1.165, 1.54) is 0 Å². The lowest BCUT2D eigenvalue weighted by atomic mass is 10.3. The number of benzene rings is 1. The minimum Gasteiger partial charge on any atom is -0.494 e. The van der Waals surface area contributed by atoms with Crippen molar-refractivity contribution in [1.82, 2.24) is 4.90 Å². The lowest BCUT2D eigenvalue weighted by molar-refractivity contribution is 0.222. The van der Waals surface area contributed by atoms with E-state index in [-0.39, 0.29) is 6.03 Å². The van der Waals surface area contributed by atoms with Gasteiger partial charge in [-0.3, -0.25) is 0 Å². The number of carbonyl (C=O) groups excluding carboxylic acids is 1. The SMILES string of the molecule is CCCCN(C)C(=O)Nc1ccc(OCC)cc1. The van der Waals surface area contributed by atoms with E-state index in [0.717, 1.165) is 30.8 Å². The van der Waals surface area contributed by atoms with E-state index in [0.29, 0.717) is 6.61 Å². The van der Waals surface area contributed by atoms with Crippen molar-refractivity contribution in [3.63, 3.8) is 0 Å². The molecule has 1 aromatic carbocycles. The molecule has 0 saturated heterocycles. The molecule has 0 aliphatic carbocycles. The molecule has 4 heteroatoms. The van der Waals surface area contributed by atoms with Gasteiger partial charge in [-0.25, -0.2) is 4.79 Å². The highest BCUT2D eigenvalue weighted by atomic mass is 16.5. The number of amides is 2. The fraction of sp³-hybridized carbons (Fsp3) is 0.500. The van der Waals surface area contributed by atoms with Crippen LogP contribution in [0, 0.1) is 0 Å². The number of unbranched alkanes of at least 4 members (excludes halogenated alkanes) is 1. The summed E-state index contributed by atoms with van der Waals surface area (Å²) in [4.78, 5) is 13.5. The van der Waals surface area contributed by atoms with Crippen LogP contribution < -0.4 is 10.1 Å². The Kier molecular flexibility index (Phi) is 6.05. The normalized spacial score (nSPS) is 9.94. The second kappa shape index (κ2) is 7.58. The predicted octanol–water partition coefficient (Wildman–Crippen LogP) is 3.35. The Bertz CT molecular complexity index is 363. The smallest absolute Gasteiger partial charge is 0.321 e. The third kappa shape index (κ3) is 4.65. The Morgan fingerprint density at radius 1 is 1.28 bits per heavy atom. The molecule has 0 aromatic heterocycles. The number of hydrogen-bond donors (Lipinski definition) is 1. The summed E-state index contributed by atoms with van der Waals surface area (Å²) in [6.07, 6.45) is 2.11. The van der Waals surface area contributed by atoms with E-state index < -0.39 is 0 Å². The summed E-state index contributed by atoms with van der Waals surface area (Å²) in [5.74, 6) is 0.815. The molecule has 0 atom stereocenters. The zero-order valence-corrected chi connectivity index (χ0v) is 11.4. The van der Waals surface area contributed by atoms with Gasteiger partial charge >= 0.3 is 6.03 Å². The van der Waals surface area contributed by atoms with E-state index in [4.69, 9.17) is 4.74 Å². The van der Waals surface area contributed by atoms with Crippen LogP contribution >= 0.6 is 0 Å². The summed E-state index contributed by atoms with van der Waals surface area (Å²) >= 11 is 0. The molecule has 1 N–H and O–H groups in total. The fourth-order valence-electron chi connectivity index (χ4n) is 1.52. The molecule has 0 spiro atoms. The van der Waals surface area contributed by atoms with Crippen molar-refractivity contribution < 1.29 is 9.53 Å². The van der Waals surface area contributed by atoms with Gasteiger partial charge in [-0.05, 0) is 37.6 Å². The molecule has 0 bridgehead atoms. The van der Waals surface area contributed by atoms with Crippen molar-refractivity contribution in [2.75, 3.05) is 25.5 Å². The molecular formula is C14H22N2O2. The van der Waals surface area contributed by atoms with Crippen molar-refractivity contribution in [3.05, 3.63) is 24.3 Å². The number of rotatable bonds is 6. The van der Waals surface area contributed by atoms with Gasteiger partial charge in [0.2, 0.25) is 0 Å². The number of nitrogens with one attached hydrogen (secondary N) is 1. The lowest BCUT2D eigenvalue weighted by Crippen LogP contribution is -2.32. The maximum absolute atomic E-state index is 11.8. The fourth-order valence-corrected chi connectivity index (χ4v) is 1.52. The molecule has 1 aromatic rings. The molecule has 0 aliphatic heterocycles. The maximum atomic E-state index is 11.8. The van der Waals surface area contributed by atoms with Crippen molar-refractivity contribution in [3.8, 4) is 5.75 Å². The number of nitrogens with zero attached hydrogens (tertiary/aromatic N) is 1. The van der Waals surface area contributed by atoms with E-state index >= 15 is 0 Å². The van der Waals surface area contributed by atoms with Crippen LogP contribution in [0.2, 0.25) is 0 Å². The predicted molar refractivity (Wildman–Crippen MR) is 74.2 cm³/mol. The quantitative estimate of drug-likeness (QED) is 0.841. The average molecular weight is 250 g/mol. The summed E-state index contributed by atoms with van der Waals surface area (Å²) < 4.78 is 5.34. The van der Waals surface area contributed by atoms with Crippen LogP contribution in [0.4, 0.5) is 10.5 Å². The zero-order valence-electron chi connectivity index (χ0n) is 11.4. The zero-order chi connectivity index (χ0) is 13.4. The largest absolute Gasteiger partial charge is 0.494 e. The van der Waals surface area contributed by atoms with E-state index in [2.05, 4.69) is 12.2 Å². The first-order valence-electron chi connectivity index (χ1n) is 6.42. The highest BCUT2D eigenvalue weighted by Crippen LogP contribution is 2.15. The monoisotopic (exact) mass is 250 g/mol. The molecule has 0 radical (unpaired) electrons. The van der Waals surface area contributed by atoms with Gasteiger partial charge in [0.25, 0.3) is 0 Å². The summed E-state index contributed by atoms with van der Waals surface area (Å²) in [6, 6.07) is 7.32. The van der Waals surface area contributed by atoms with E-state index in [9.17, 15) is 4.79 Å². The van der Waals surface area contributed by atoms with Gasteiger partial charge in [-0.2, -0.15) is 0 Å². The van der Waals surface area contributed by atoms with Gasteiger partial charge in [0, 0.05) is 19.3 Å². The lowest BCUT2D eigenvalue weighted by Gasteiger charge is -2.17. The Hall–Kier alpha value is -1.71. The molecule has 0 unspecified atom stereocenters. The minimum absolute atomic E-state index is 0.0763. The highest BCUT2D eigenvalue weighted by Gasteiger charge is 2.07. The topological polar surface area (TPSA) is 41.6 Å². The van der Waals surface area contributed by atoms with Gasteiger partial charge in [0.15, 0.2) is 0 Å². The Labute approximate surface area is 109 Å². The van der Waals surface area contributed by atoms with Crippen LogP contribution in [0.25, 0.3) is 0 Å². The molecule has 1 rings (SSSR count). The Balaban J connectivity index is 2.48. The van der Waals surface area contributed by atoms with Crippen LogP contribution in [0.3, 0.4) is 0 Å². The standard InChI is InChI=1S/C14H22N2O2/c1-4-6-11-16(3)14(17)15-12-7-9-13(10-8-12)18-5-2/h7-10H,4-6,11H2,1-3H3,(H,15,17). The van der Waals surface area contributed by atoms with Gasteiger partial charge in [-0.1, -0.05) is 13.3 Å². The van der Waals surface area contributed by atoms with Gasteiger partial charge in [-0.15, -0.1) is 0 Å². The van der Waals surface area contributed by atoms with Crippen LogP contribution in [0.5, 0.6) is 5.75 Å². The molecular weight excluding hydrogens is 228 g/mol. The average Bonchev–Trinajstić information content (AvgIpc) is 2.38. The first-order valence-corrected chi connectivity index (χ1v) is 6.42. The third-order valence-corrected chi connectivity index (χ3v) is 2.61. The van der Waals surface area contributed by atoms with Gasteiger partial charge in [0.1, 0.15) is 5.75 Å². The summed E-state index contributed by atoms with van der Waals surface area (Å²) in [6.45, 7) is 5.47. The second-order valence-electron chi connectivity index (χ2n) is 4.16. The molecule has 0 aliphatic rings. The molecule has 4 nitrogen and oxygen atoms in total. The summed E-state index contributed by atoms with van der Waals surface area (Å²) in [5.41, 5.74) is 0.784. The van der Waals surface area contributed by atoms with E-state index in [1.807, 2.05) is 31.2 Å². The molecule has 100 valence electrons. The van der Waals surface area contributed by atoms with Crippen LogP contribution in [0.15, 0.2) is 24.3 Å². The van der Waals surface area contributed by atoms with Crippen molar-refractivity contribution in [2.45, 2.75) is 26.7 Å². The van der Waals surface area contributed by atoms with E-state index in [1.54, 1.807) is 11.9 Å². The Morgan fingerprint density at radius 3 is 2.50 bits per heavy atom. The van der Waals surface area contributed by atoms with Gasteiger partial charge < -0.3 is 15.0 Å². The maximum Gasteiger partial charge on any atom is 0.321 e. The summed E-state index contributed by atoms with van der Waals surface area (Å²) in [5, 5.41) is 2.85.